The summed E-state index contributed by atoms with van der Waals surface area (Å²) in [7, 11) is -3.66. The smallest absolute Gasteiger partial charge is 0.342 e. The fourth-order valence-corrected chi connectivity index (χ4v) is 2.74. The van der Waals surface area contributed by atoms with Gasteiger partial charge in [-0.3, -0.25) is 0 Å². The van der Waals surface area contributed by atoms with Crippen molar-refractivity contribution in [1.29, 1.82) is 0 Å². The van der Waals surface area contributed by atoms with Gasteiger partial charge in [-0.15, -0.1) is 0 Å². The Bertz CT molecular complexity index is 590. The van der Waals surface area contributed by atoms with Gasteiger partial charge in [-0.25, -0.2) is 17.9 Å². The van der Waals surface area contributed by atoms with E-state index in [1.807, 2.05) is 6.92 Å². The van der Waals surface area contributed by atoms with Gasteiger partial charge in [-0.05, 0) is 26.0 Å². The van der Waals surface area contributed by atoms with Gasteiger partial charge in [0.15, 0.2) is 0 Å². The summed E-state index contributed by atoms with van der Waals surface area (Å²) >= 11 is 0. The Hall–Kier alpha value is -1.44. The molecule has 0 saturated carbocycles. The third kappa shape index (κ3) is 3.17. The molecular formula is C13H17NO5S. The number of ether oxygens (including phenoxy) is 2. The van der Waals surface area contributed by atoms with Crippen LogP contribution in [0.1, 0.15) is 12.5 Å². The van der Waals surface area contributed by atoms with E-state index in [0.717, 1.165) is 5.56 Å². The molecule has 0 spiro atoms. The van der Waals surface area contributed by atoms with Crippen LogP contribution in [0.3, 0.4) is 0 Å². The Morgan fingerprint density at radius 3 is 2.50 bits per heavy atom. The van der Waals surface area contributed by atoms with Crippen molar-refractivity contribution in [3.05, 3.63) is 29.8 Å². The lowest BCUT2D eigenvalue weighted by atomic mass is 10.2. The van der Waals surface area contributed by atoms with E-state index < -0.39 is 21.6 Å². The Morgan fingerprint density at radius 1 is 1.40 bits per heavy atom. The number of rotatable bonds is 6. The van der Waals surface area contributed by atoms with Crippen LogP contribution in [0.5, 0.6) is 0 Å². The van der Waals surface area contributed by atoms with Crippen LogP contribution in [0, 0.1) is 6.92 Å². The molecule has 1 N–H and O–H groups in total. The Morgan fingerprint density at radius 2 is 2.00 bits per heavy atom. The van der Waals surface area contributed by atoms with E-state index >= 15 is 0 Å². The maximum absolute atomic E-state index is 12.1. The molecule has 1 fully saturated rings. The molecule has 7 heteroatoms. The van der Waals surface area contributed by atoms with E-state index in [0.29, 0.717) is 0 Å². The van der Waals surface area contributed by atoms with Crippen LogP contribution in [-0.2, 0) is 24.3 Å². The highest BCUT2D eigenvalue weighted by molar-refractivity contribution is 7.89. The van der Waals surface area contributed by atoms with Crippen molar-refractivity contribution < 1.29 is 22.7 Å². The Balaban J connectivity index is 2.03. The number of aryl methyl sites for hydroxylation is 1. The van der Waals surface area contributed by atoms with Gasteiger partial charge in [0.2, 0.25) is 15.6 Å². The quantitative estimate of drug-likeness (QED) is 0.614. The molecule has 1 heterocycles. The SMILES string of the molecule is CCOC(=O)C1(CNS(=O)(=O)c2ccc(C)cc2)CO1. The molecule has 20 heavy (non-hydrogen) atoms. The van der Waals surface area contributed by atoms with Crippen molar-refractivity contribution in [1.82, 2.24) is 4.72 Å². The lowest BCUT2D eigenvalue weighted by molar-refractivity contribution is -0.149. The van der Waals surface area contributed by atoms with Gasteiger partial charge in [0.05, 0.1) is 24.7 Å². The van der Waals surface area contributed by atoms with E-state index in [9.17, 15) is 13.2 Å². The molecule has 2 rings (SSSR count). The number of epoxide rings is 1. The first-order chi connectivity index (χ1) is 9.39. The van der Waals surface area contributed by atoms with Crippen LogP contribution in [0.2, 0.25) is 0 Å². The second-order valence-electron chi connectivity index (χ2n) is 4.64. The predicted molar refractivity (Wildman–Crippen MR) is 71.7 cm³/mol. The molecule has 1 aliphatic rings. The number of nitrogens with one attached hydrogen (secondary N) is 1. The van der Waals surface area contributed by atoms with Crippen molar-refractivity contribution in [2.45, 2.75) is 24.3 Å². The summed E-state index contributed by atoms with van der Waals surface area (Å²) in [5, 5.41) is 0. The molecule has 6 nitrogen and oxygen atoms in total. The zero-order chi connectivity index (χ0) is 14.8. The van der Waals surface area contributed by atoms with Gasteiger partial charge < -0.3 is 9.47 Å². The average Bonchev–Trinajstić information content (AvgIpc) is 3.19. The first-order valence-electron chi connectivity index (χ1n) is 6.27. The van der Waals surface area contributed by atoms with Crippen molar-refractivity contribution in [3.63, 3.8) is 0 Å². The summed E-state index contributed by atoms with van der Waals surface area (Å²) in [5.41, 5.74) is -0.189. The Labute approximate surface area is 118 Å². The largest absolute Gasteiger partial charge is 0.464 e. The average molecular weight is 299 g/mol. The minimum atomic E-state index is -3.66. The molecule has 0 amide bonds. The molecule has 0 bridgehead atoms. The number of hydrogen-bond acceptors (Lipinski definition) is 5. The topological polar surface area (TPSA) is 85.0 Å². The first-order valence-corrected chi connectivity index (χ1v) is 7.75. The van der Waals surface area contributed by atoms with Crippen LogP contribution >= 0.6 is 0 Å². The monoisotopic (exact) mass is 299 g/mol. The highest BCUT2D eigenvalue weighted by Crippen LogP contribution is 2.28. The predicted octanol–water partition coefficient (Wildman–Crippen LogP) is 0.605. The van der Waals surface area contributed by atoms with Crippen molar-refractivity contribution in [2.75, 3.05) is 19.8 Å². The lowest BCUT2D eigenvalue weighted by Crippen LogP contribution is -2.40. The van der Waals surface area contributed by atoms with Crippen LogP contribution in [0.4, 0.5) is 0 Å². The summed E-state index contributed by atoms with van der Waals surface area (Å²) in [4.78, 5) is 11.8. The fraction of sp³-hybridized carbons (Fsp3) is 0.462. The number of sulfonamides is 1. The van der Waals surface area contributed by atoms with E-state index in [1.54, 1.807) is 19.1 Å². The lowest BCUT2D eigenvalue weighted by Gasteiger charge is -2.12. The molecule has 1 atom stereocenters. The highest BCUT2D eigenvalue weighted by atomic mass is 32.2. The molecule has 1 aliphatic heterocycles. The first kappa shape index (κ1) is 15.0. The molecule has 110 valence electrons. The van der Waals surface area contributed by atoms with Gasteiger partial charge >= 0.3 is 5.97 Å². The van der Waals surface area contributed by atoms with Crippen LogP contribution in [0.15, 0.2) is 29.2 Å². The second-order valence-corrected chi connectivity index (χ2v) is 6.41. The number of hydrogen-bond donors (Lipinski definition) is 1. The summed E-state index contributed by atoms with van der Waals surface area (Å²) in [6.07, 6.45) is 0. The van der Waals surface area contributed by atoms with E-state index in [4.69, 9.17) is 9.47 Å². The molecular weight excluding hydrogens is 282 g/mol. The number of esters is 1. The Kier molecular flexibility index (Phi) is 4.12. The van der Waals surface area contributed by atoms with E-state index in [2.05, 4.69) is 4.72 Å². The summed E-state index contributed by atoms with van der Waals surface area (Å²) in [5.74, 6) is -0.536. The zero-order valence-electron chi connectivity index (χ0n) is 11.4. The van der Waals surface area contributed by atoms with Crippen molar-refractivity contribution in [3.8, 4) is 0 Å². The highest BCUT2D eigenvalue weighted by Gasteiger charge is 2.54. The molecule has 1 aromatic carbocycles. The molecule has 0 radical (unpaired) electrons. The fourth-order valence-electron chi connectivity index (χ4n) is 1.65. The number of carbonyl (C=O) groups is 1. The van der Waals surface area contributed by atoms with E-state index in [-0.39, 0.29) is 24.7 Å². The van der Waals surface area contributed by atoms with Gasteiger partial charge in [0.25, 0.3) is 0 Å². The third-order valence-electron chi connectivity index (χ3n) is 3.02. The summed E-state index contributed by atoms with van der Waals surface area (Å²) < 4.78 is 36.5. The second kappa shape index (κ2) is 5.51. The molecule has 1 saturated heterocycles. The third-order valence-corrected chi connectivity index (χ3v) is 4.44. The molecule has 1 unspecified atom stereocenters. The molecule has 1 aromatic rings. The normalized spacial score (nSPS) is 21.5. The van der Waals surface area contributed by atoms with Gasteiger partial charge in [-0.1, -0.05) is 17.7 Å². The number of benzene rings is 1. The van der Waals surface area contributed by atoms with Gasteiger partial charge in [0.1, 0.15) is 0 Å². The van der Waals surface area contributed by atoms with Crippen LogP contribution in [0.25, 0.3) is 0 Å². The summed E-state index contributed by atoms with van der Waals surface area (Å²) in [6, 6.07) is 6.46. The van der Waals surface area contributed by atoms with Crippen molar-refractivity contribution in [2.24, 2.45) is 0 Å². The standard InChI is InChI=1S/C13H17NO5S/c1-3-18-12(15)13(9-19-13)8-14-20(16,17)11-6-4-10(2)5-7-11/h4-7,14H,3,8-9H2,1-2H3. The van der Waals surface area contributed by atoms with Crippen molar-refractivity contribution >= 4 is 16.0 Å². The van der Waals surface area contributed by atoms with Gasteiger partial charge in [0, 0.05) is 0 Å². The molecule has 0 aliphatic carbocycles. The maximum Gasteiger partial charge on any atom is 0.342 e. The van der Waals surface area contributed by atoms with Crippen LogP contribution in [-0.4, -0.2) is 39.7 Å². The van der Waals surface area contributed by atoms with Gasteiger partial charge in [-0.2, -0.15) is 0 Å². The van der Waals surface area contributed by atoms with Crippen LogP contribution < -0.4 is 4.72 Å². The minimum Gasteiger partial charge on any atom is -0.464 e. The summed E-state index contributed by atoms with van der Waals surface area (Å²) in [6.45, 7) is 3.83. The van der Waals surface area contributed by atoms with E-state index in [1.165, 1.54) is 12.1 Å². The minimum absolute atomic E-state index is 0.123. The molecule has 0 aromatic heterocycles. The maximum atomic E-state index is 12.1. The zero-order valence-corrected chi connectivity index (χ0v) is 12.2. The number of carbonyl (C=O) groups excluding carboxylic acids is 1.